The number of hydrogen-bond acceptors (Lipinski definition) is 3. The van der Waals surface area contributed by atoms with Crippen LogP contribution in [0.2, 0.25) is 0 Å². The van der Waals surface area contributed by atoms with E-state index in [1.807, 2.05) is 0 Å². The molecule has 1 atom stereocenters. The van der Waals surface area contributed by atoms with Gasteiger partial charge in [0.25, 0.3) is 0 Å². The predicted octanol–water partition coefficient (Wildman–Crippen LogP) is 0.206. The van der Waals surface area contributed by atoms with Gasteiger partial charge in [-0.2, -0.15) is 10.1 Å². The average Bonchev–Trinajstić information content (AvgIpc) is 2.10. The van der Waals surface area contributed by atoms with Crippen molar-refractivity contribution in [2.75, 3.05) is 6.66 Å². The molecule has 0 saturated carbocycles. The minimum absolute atomic E-state index is 0.563. The van der Waals surface area contributed by atoms with E-state index >= 15 is 0 Å². The highest BCUT2D eigenvalue weighted by molar-refractivity contribution is 7.52. The fourth-order valence-electron chi connectivity index (χ4n) is 0.775. The van der Waals surface area contributed by atoms with Crippen LogP contribution in [0.15, 0.2) is 0 Å². The molecule has 0 saturated heterocycles. The third kappa shape index (κ3) is 1.21. The lowest BCUT2D eigenvalue weighted by atomic mass is 10.8. The Hall–Kier alpha value is -0.760. The van der Waals surface area contributed by atoms with Crippen molar-refractivity contribution in [3.05, 3.63) is 5.82 Å². The fraction of sp³-hybridized carbons (Fsp3) is 0.600. The molecule has 5 heteroatoms. The molecule has 0 aliphatic rings. The molecule has 4 nitrogen and oxygen atoms in total. The molecule has 0 amide bonds. The first-order chi connectivity index (χ1) is 4.61. The molecule has 1 rings (SSSR count). The Morgan fingerprint density at radius 3 is 2.40 bits per heavy atom. The predicted molar refractivity (Wildman–Crippen MR) is 38.9 cm³/mol. The van der Waals surface area contributed by atoms with E-state index in [0.29, 0.717) is 11.4 Å². The Balaban J connectivity index is 3.15. The summed E-state index contributed by atoms with van der Waals surface area (Å²) in [6.45, 7) is 3.40. The van der Waals surface area contributed by atoms with Crippen LogP contribution in [0.4, 0.5) is 0 Å². The van der Waals surface area contributed by atoms with E-state index in [2.05, 4.69) is 10.1 Å². The minimum atomic E-state index is -1.36. The van der Waals surface area contributed by atoms with Crippen LogP contribution in [0.1, 0.15) is 5.82 Å². The van der Waals surface area contributed by atoms with Crippen molar-refractivity contribution >= 4 is 13.4 Å². The summed E-state index contributed by atoms with van der Waals surface area (Å²) >= 11 is 0. The molecule has 0 radical (unpaired) electrons. The third-order valence-corrected chi connectivity index (χ3v) is 2.08. The van der Waals surface area contributed by atoms with E-state index in [1.165, 1.54) is 0 Å². The van der Waals surface area contributed by atoms with Gasteiger partial charge in [0.2, 0.25) is 0 Å². The van der Waals surface area contributed by atoms with E-state index in [1.54, 1.807) is 25.3 Å². The Morgan fingerprint density at radius 1 is 1.60 bits per heavy atom. The SMILES string of the molecule is Cc1nc([P+](C)=O)n(C)n1. The van der Waals surface area contributed by atoms with Gasteiger partial charge in [0, 0.05) is 7.05 Å². The van der Waals surface area contributed by atoms with Crippen molar-refractivity contribution in [1.29, 1.82) is 0 Å². The summed E-state index contributed by atoms with van der Waals surface area (Å²) in [7, 11) is 0.386. The maximum absolute atomic E-state index is 10.9. The van der Waals surface area contributed by atoms with Crippen LogP contribution >= 0.6 is 7.80 Å². The van der Waals surface area contributed by atoms with Crippen molar-refractivity contribution in [3.63, 3.8) is 0 Å². The van der Waals surface area contributed by atoms with Gasteiger partial charge < -0.3 is 0 Å². The first-order valence-corrected chi connectivity index (χ1v) is 4.60. The number of hydrogen-bond donors (Lipinski definition) is 0. The molecule has 1 unspecified atom stereocenters. The third-order valence-electron chi connectivity index (χ3n) is 1.13. The molecule has 10 heavy (non-hydrogen) atoms. The molecule has 0 bridgehead atoms. The van der Waals surface area contributed by atoms with Crippen LogP contribution in [-0.4, -0.2) is 21.4 Å². The lowest BCUT2D eigenvalue weighted by molar-refractivity contribution is 0.593. The molecule has 0 N–H and O–H groups in total. The largest absolute Gasteiger partial charge is 0.414 e. The lowest BCUT2D eigenvalue weighted by Gasteiger charge is -1.80. The lowest BCUT2D eigenvalue weighted by Crippen LogP contribution is -2.11. The van der Waals surface area contributed by atoms with Gasteiger partial charge in [-0.05, 0) is 6.92 Å². The standard InChI is InChI=1S/C5H9N3OP/c1-4-6-5(10(3)9)8(2)7-4/h1-3H3/q+1. The summed E-state index contributed by atoms with van der Waals surface area (Å²) in [5.74, 6) is 0.669. The molecule has 0 spiro atoms. The fourth-order valence-corrected chi connectivity index (χ4v) is 1.51. The topological polar surface area (TPSA) is 47.8 Å². The van der Waals surface area contributed by atoms with Crippen LogP contribution in [0, 0.1) is 6.92 Å². The monoisotopic (exact) mass is 158 g/mol. The highest BCUT2D eigenvalue weighted by Crippen LogP contribution is 2.09. The van der Waals surface area contributed by atoms with Crippen molar-refractivity contribution in [2.24, 2.45) is 7.05 Å². The van der Waals surface area contributed by atoms with Crippen molar-refractivity contribution in [3.8, 4) is 0 Å². The molecule has 1 heterocycles. The second-order valence-electron chi connectivity index (χ2n) is 2.08. The van der Waals surface area contributed by atoms with Gasteiger partial charge in [-0.15, -0.1) is 0 Å². The quantitative estimate of drug-likeness (QED) is 0.549. The highest BCUT2D eigenvalue weighted by Gasteiger charge is 2.19. The summed E-state index contributed by atoms with van der Waals surface area (Å²) < 4.78 is 12.5. The molecule has 0 fully saturated rings. The zero-order chi connectivity index (χ0) is 7.72. The molecule has 0 aliphatic carbocycles. The Bertz CT molecular complexity index is 268. The van der Waals surface area contributed by atoms with Crippen molar-refractivity contribution in [1.82, 2.24) is 14.8 Å². The molecule has 1 aromatic heterocycles. The van der Waals surface area contributed by atoms with E-state index in [0.717, 1.165) is 0 Å². The number of nitrogens with zero attached hydrogens (tertiary/aromatic N) is 3. The maximum atomic E-state index is 10.9. The number of aryl methyl sites for hydroxylation is 2. The molecule has 54 valence electrons. The van der Waals surface area contributed by atoms with Gasteiger partial charge in [-0.25, -0.2) is 4.68 Å². The second kappa shape index (κ2) is 2.46. The Kier molecular flexibility index (Phi) is 1.81. The van der Waals surface area contributed by atoms with E-state index < -0.39 is 7.80 Å². The maximum Gasteiger partial charge on any atom is 0.414 e. The van der Waals surface area contributed by atoms with Gasteiger partial charge in [0.05, 0.1) is 0 Å². The van der Waals surface area contributed by atoms with Crippen LogP contribution in [0.5, 0.6) is 0 Å². The summed E-state index contributed by atoms with van der Waals surface area (Å²) in [5, 5.41) is 3.95. The molecular weight excluding hydrogens is 149 g/mol. The van der Waals surface area contributed by atoms with Gasteiger partial charge >= 0.3 is 13.4 Å². The normalized spacial score (nSPS) is 11.7. The van der Waals surface area contributed by atoms with Gasteiger partial charge in [0.15, 0.2) is 5.82 Å². The van der Waals surface area contributed by atoms with Crippen LogP contribution in [0.3, 0.4) is 0 Å². The summed E-state index contributed by atoms with van der Waals surface area (Å²) in [4.78, 5) is 3.98. The van der Waals surface area contributed by atoms with E-state index in [4.69, 9.17) is 0 Å². The first kappa shape index (κ1) is 7.35. The minimum Gasteiger partial charge on any atom is -0.210 e. The van der Waals surface area contributed by atoms with Gasteiger partial charge in [0.1, 0.15) is 6.66 Å². The van der Waals surface area contributed by atoms with Gasteiger partial charge in [-0.3, -0.25) is 0 Å². The van der Waals surface area contributed by atoms with E-state index in [9.17, 15) is 4.57 Å². The summed E-state index contributed by atoms with van der Waals surface area (Å²) in [5.41, 5.74) is 0.563. The summed E-state index contributed by atoms with van der Waals surface area (Å²) in [6, 6.07) is 0. The zero-order valence-electron chi connectivity index (χ0n) is 6.20. The Morgan fingerprint density at radius 2 is 2.20 bits per heavy atom. The van der Waals surface area contributed by atoms with Gasteiger partial charge in [-0.1, -0.05) is 4.57 Å². The second-order valence-corrected chi connectivity index (χ2v) is 3.48. The van der Waals surface area contributed by atoms with Crippen LogP contribution in [-0.2, 0) is 11.6 Å². The highest BCUT2D eigenvalue weighted by atomic mass is 31.1. The summed E-state index contributed by atoms with van der Waals surface area (Å²) in [6.07, 6.45) is 0. The average molecular weight is 158 g/mol. The molecule has 0 aromatic carbocycles. The molecular formula is C5H9N3OP+. The van der Waals surface area contributed by atoms with E-state index in [-0.39, 0.29) is 0 Å². The smallest absolute Gasteiger partial charge is 0.210 e. The zero-order valence-corrected chi connectivity index (χ0v) is 7.09. The first-order valence-electron chi connectivity index (χ1n) is 2.90. The molecule has 1 aromatic rings. The number of rotatable bonds is 1. The Labute approximate surface area is 60.1 Å². The number of aromatic nitrogens is 3. The van der Waals surface area contributed by atoms with Crippen LogP contribution < -0.4 is 5.57 Å². The van der Waals surface area contributed by atoms with Crippen LogP contribution in [0.25, 0.3) is 0 Å². The van der Waals surface area contributed by atoms with Crippen molar-refractivity contribution < 1.29 is 4.57 Å². The molecule has 0 aliphatic heterocycles. The van der Waals surface area contributed by atoms with Crippen molar-refractivity contribution in [2.45, 2.75) is 6.92 Å².